The number of piperazine rings is 1. The predicted octanol–water partition coefficient (Wildman–Crippen LogP) is 3.82. The van der Waals surface area contributed by atoms with Gasteiger partial charge in [-0.1, -0.05) is 23.7 Å². The van der Waals surface area contributed by atoms with Gasteiger partial charge in [0.25, 0.3) is 10.0 Å². The molecule has 0 atom stereocenters. The minimum Gasteiger partial charge on any atom is -0.351 e. The summed E-state index contributed by atoms with van der Waals surface area (Å²) in [6, 6.07) is 6.63. The lowest BCUT2D eigenvalue weighted by atomic mass is 10.1. The summed E-state index contributed by atoms with van der Waals surface area (Å²) in [6.07, 6.45) is 12.4. The van der Waals surface area contributed by atoms with Gasteiger partial charge in [0.05, 0.1) is 35.1 Å². The summed E-state index contributed by atoms with van der Waals surface area (Å²) in [5, 5.41) is 8.53. The molecule has 46 heavy (non-hydrogen) atoms. The molecule has 7 rings (SSSR count). The number of nitrogens with zero attached hydrogens (tertiary/aromatic N) is 9. The van der Waals surface area contributed by atoms with Crippen LogP contribution in [0.5, 0.6) is 0 Å². The van der Waals surface area contributed by atoms with Gasteiger partial charge in [-0.2, -0.15) is 9.40 Å². The largest absolute Gasteiger partial charge is 0.351 e. The third-order valence-electron chi connectivity index (χ3n) is 9.27. The van der Waals surface area contributed by atoms with Gasteiger partial charge < -0.3 is 14.8 Å². The zero-order chi connectivity index (χ0) is 31.8. The number of aryl methyl sites for hydroxylation is 2. The second-order valence-electron chi connectivity index (χ2n) is 12.9. The van der Waals surface area contributed by atoms with Crippen LogP contribution in [-0.4, -0.2) is 104 Å². The number of rotatable bonds is 10. The predicted molar refractivity (Wildman–Crippen MR) is 177 cm³/mol. The molecule has 0 spiro atoms. The van der Waals surface area contributed by atoms with Crippen LogP contribution in [0.25, 0.3) is 16.9 Å². The lowest BCUT2D eigenvalue weighted by Crippen LogP contribution is -2.46. The second kappa shape index (κ2) is 13.0. The number of anilines is 1. The van der Waals surface area contributed by atoms with E-state index in [9.17, 15) is 8.42 Å². The summed E-state index contributed by atoms with van der Waals surface area (Å²) in [7, 11) is -1.86. The highest BCUT2D eigenvalue weighted by molar-refractivity contribution is 7.89. The first-order valence-corrected chi connectivity index (χ1v) is 17.9. The molecule has 14 heteroatoms. The molecule has 0 bridgehead atoms. The average Bonchev–Trinajstić information content (AvgIpc) is 3.52. The van der Waals surface area contributed by atoms with Crippen LogP contribution in [0.1, 0.15) is 36.8 Å². The number of nitrogens with one attached hydrogen (secondary N) is 1. The van der Waals surface area contributed by atoms with E-state index in [4.69, 9.17) is 16.6 Å². The van der Waals surface area contributed by atoms with Crippen molar-refractivity contribution in [3.05, 3.63) is 65.5 Å². The van der Waals surface area contributed by atoms with Crippen molar-refractivity contribution in [1.29, 1.82) is 0 Å². The van der Waals surface area contributed by atoms with Gasteiger partial charge in [0.2, 0.25) is 5.95 Å². The molecule has 2 aliphatic heterocycles. The molecule has 2 saturated heterocycles. The van der Waals surface area contributed by atoms with Gasteiger partial charge in [-0.25, -0.2) is 28.1 Å². The quantitative estimate of drug-likeness (QED) is 0.270. The van der Waals surface area contributed by atoms with Crippen molar-refractivity contribution in [3.63, 3.8) is 0 Å². The summed E-state index contributed by atoms with van der Waals surface area (Å²) in [4.78, 5) is 18.3. The molecule has 12 nitrogen and oxygen atoms in total. The van der Waals surface area contributed by atoms with Crippen LogP contribution in [0.15, 0.2) is 54.3 Å². The van der Waals surface area contributed by atoms with Gasteiger partial charge in [-0.15, -0.1) is 0 Å². The molecule has 4 aromatic rings. The first-order valence-electron chi connectivity index (χ1n) is 16.1. The fraction of sp³-hybridized carbons (Fsp3) is 0.500. The van der Waals surface area contributed by atoms with Crippen LogP contribution in [0, 0.1) is 12.8 Å². The first-order chi connectivity index (χ1) is 22.2. The number of sulfonamides is 1. The van der Waals surface area contributed by atoms with E-state index in [1.54, 1.807) is 24.0 Å². The van der Waals surface area contributed by atoms with E-state index in [1.807, 2.05) is 10.9 Å². The monoisotopic (exact) mass is 664 g/mol. The maximum absolute atomic E-state index is 12.9. The highest BCUT2D eigenvalue weighted by atomic mass is 35.5. The van der Waals surface area contributed by atoms with Crippen molar-refractivity contribution in [1.82, 2.24) is 43.4 Å². The van der Waals surface area contributed by atoms with E-state index in [0.717, 1.165) is 42.4 Å². The van der Waals surface area contributed by atoms with Crippen molar-refractivity contribution < 1.29 is 8.42 Å². The van der Waals surface area contributed by atoms with E-state index in [-0.39, 0.29) is 11.1 Å². The van der Waals surface area contributed by atoms with E-state index in [0.29, 0.717) is 42.6 Å². The Hall–Kier alpha value is -3.36. The SMILES string of the molecule is Cc1cc(CN2CCN(CC3CC3)CC2)ccc1-n1cc(-c2nc(NC3CCN(S(=O)(=O)c4cn(C)cn4)CC3)ncc2Cl)cn1. The summed E-state index contributed by atoms with van der Waals surface area (Å²) >= 11 is 6.56. The average molecular weight is 665 g/mol. The highest BCUT2D eigenvalue weighted by Crippen LogP contribution is 2.31. The highest BCUT2D eigenvalue weighted by Gasteiger charge is 2.31. The number of imidazole rings is 1. The Balaban J connectivity index is 0.969. The maximum Gasteiger partial charge on any atom is 0.262 e. The molecule has 244 valence electrons. The molecule has 5 heterocycles. The van der Waals surface area contributed by atoms with Crippen LogP contribution < -0.4 is 5.32 Å². The molecule has 3 fully saturated rings. The van der Waals surface area contributed by atoms with Crippen LogP contribution in [-0.2, 0) is 23.6 Å². The molecular formula is C32H41ClN10O2S. The molecule has 0 amide bonds. The second-order valence-corrected chi connectivity index (χ2v) is 15.2. The minimum atomic E-state index is -3.61. The topological polar surface area (TPSA) is 117 Å². The third-order valence-corrected chi connectivity index (χ3v) is 11.3. The Morgan fingerprint density at radius 1 is 0.957 bits per heavy atom. The Morgan fingerprint density at radius 2 is 1.72 bits per heavy atom. The van der Waals surface area contributed by atoms with Crippen LogP contribution in [0.4, 0.5) is 5.95 Å². The zero-order valence-corrected chi connectivity index (χ0v) is 28.0. The van der Waals surface area contributed by atoms with E-state index >= 15 is 0 Å². The summed E-state index contributed by atoms with van der Waals surface area (Å²) < 4.78 is 30.9. The van der Waals surface area contributed by atoms with Gasteiger partial charge in [-0.3, -0.25) is 4.90 Å². The number of halogens is 1. The number of piperidine rings is 1. The Kier molecular flexibility index (Phi) is 8.85. The van der Waals surface area contributed by atoms with Gasteiger partial charge >= 0.3 is 0 Å². The van der Waals surface area contributed by atoms with Crippen molar-refractivity contribution in [3.8, 4) is 16.9 Å². The molecule has 0 radical (unpaired) electrons. The fourth-order valence-electron chi connectivity index (χ4n) is 6.42. The number of hydrogen-bond donors (Lipinski definition) is 1. The zero-order valence-electron chi connectivity index (χ0n) is 26.4. The number of hydrogen-bond acceptors (Lipinski definition) is 9. The van der Waals surface area contributed by atoms with Crippen molar-refractivity contribution in [2.75, 3.05) is 51.1 Å². The van der Waals surface area contributed by atoms with Gasteiger partial charge in [-0.05, 0) is 55.7 Å². The molecule has 3 aliphatic rings. The smallest absolute Gasteiger partial charge is 0.262 e. The molecule has 3 aromatic heterocycles. The Morgan fingerprint density at radius 3 is 2.41 bits per heavy atom. The number of aromatic nitrogens is 6. The van der Waals surface area contributed by atoms with Crippen LogP contribution in [0.2, 0.25) is 5.02 Å². The number of benzene rings is 1. The summed E-state index contributed by atoms with van der Waals surface area (Å²) in [6.45, 7) is 9.74. The van der Waals surface area contributed by atoms with Crippen LogP contribution in [0.3, 0.4) is 0 Å². The van der Waals surface area contributed by atoms with Crippen molar-refractivity contribution in [2.45, 2.75) is 50.2 Å². The van der Waals surface area contributed by atoms with Gasteiger partial charge in [0.1, 0.15) is 0 Å². The van der Waals surface area contributed by atoms with E-state index < -0.39 is 10.0 Å². The molecule has 1 aliphatic carbocycles. The Bertz CT molecular complexity index is 1790. The molecule has 0 unspecified atom stereocenters. The standard InChI is InChI=1S/C32H41ClN10O2S/c1-23-15-25(19-41-13-11-40(12-14-41)18-24-3-4-24)5-6-29(23)43-20-26(16-36-43)31-28(33)17-34-32(38-31)37-27-7-9-42(10-8-27)46(44,45)30-21-39(2)22-35-30/h5-6,15-17,20-22,24,27H,3-4,7-14,18-19H2,1-2H3,(H,34,37,38). The maximum atomic E-state index is 12.9. The van der Waals surface area contributed by atoms with E-state index in [2.05, 4.69) is 55.3 Å². The van der Waals surface area contributed by atoms with Gasteiger partial charge in [0, 0.05) is 83.4 Å². The lowest BCUT2D eigenvalue weighted by molar-refractivity contribution is 0.123. The molecule has 1 saturated carbocycles. The third kappa shape index (κ3) is 6.98. The normalized spacial score (nSPS) is 19.1. The van der Waals surface area contributed by atoms with Gasteiger partial charge in [0.15, 0.2) is 5.03 Å². The molecular weight excluding hydrogens is 624 g/mol. The summed E-state index contributed by atoms with van der Waals surface area (Å²) in [5.41, 5.74) is 4.88. The first kappa shape index (κ1) is 31.3. The summed E-state index contributed by atoms with van der Waals surface area (Å²) in [5.74, 6) is 1.41. The fourth-order valence-corrected chi connectivity index (χ4v) is 8.06. The van der Waals surface area contributed by atoms with Crippen molar-refractivity contribution in [2.24, 2.45) is 13.0 Å². The minimum absolute atomic E-state index is 0.0275. The lowest BCUT2D eigenvalue weighted by Gasteiger charge is -2.34. The molecule has 1 N–H and O–H groups in total. The van der Waals surface area contributed by atoms with Crippen molar-refractivity contribution >= 4 is 27.6 Å². The Labute approximate surface area is 275 Å². The van der Waals surface area contributed by atoms with Crippen LogP contribution >= 0.6 is 11.6 Å². The van der Waals surface area contributed by atoms with E-state index in [1.165, 1.54) is 54.9 Å². The molecule has 1 aromatic carbocycles.